The second-order valence-electron chi connectivity index (χ2n) is 8.16. The largest absolute Gasteiger partial charge is 0.421 e. The fourth-order valence-electron chi connectivity index (χ4n) is 3.48. The Balaban J connectivity index is 1.76. The molecule has 2 aromatic carbocycles. The molecule has 0 unspecified atom stereocenters. The molecule has 33 heavy (non-hydrogen) atoms. The van der Waals surface area contributed by atoms with Crippen LogP contribution in [0.3, 0.4) is 0 Å². The maximum absolute atomic E-state index is 13.6. The molecular weight excluding hydrogens is 425 g/mol. The van der Waals surface area contributed by atoms with Crippen molar-refractivity contribution in [2.75, 3.05) is 10.6 Å². The van der Waals surface area contributed by atoms with E-state index in [2.05, 4.69) is 34.4 Å². The first kappa shape index (κ1) is 24.6. The lowest BCUT2D eigenvalue weighted by Crippen LogP contribution is -2.12. The third-order valence-electron chi connectivity index (χ3n) is 5.41. The molecule has 0 saturated carbocycles. The van der Waals surface area contributed by atoms with Gasteiger partial charge in [0.15, 0.2) is 0 Å². The van der Waals surface area contributed by atoms with Crippen LogP contribution in [-0.2, 0) is 19.0 Å². The zero-order valence-electron chi connectivity index (χ0n) is 19.2. The van der Waals surface area contributed by atoms with Crippen LogP contribution in [0.4, 0.5) is 36.3 Å². The predicted octanol–water partition coefficient (Wildman–Crippen LogP) is 8.06. The number of unbranched alkanes of at least 4 members (excludes halogenated alkanes) is 3. The van der Waals surface area contributed by atoms with Gasteiger partial charge in [0.2, 0.25) is 5.95 Å². The summed E-state index contributed by atoms with van der Waals surface area (Å²) in [6.07, 6.45) is 3.84. The number of alkyl halides is 3. The molecule has 0 aliphatic carbocycles. The van der Waals surface area contributed by atoms with Gasteiger partial charge in [-0.15, -0.1) is 0 Å². The van der Waals surface area contributed by atoms with Crippen LogP contribution >= 0.6 is 0 Å². The first-order valence-electron chi connectivity index (χ1n) is 11.5. The van der Waals surface area contributed by atoms with Crippen molar-refractivity contribution in [1.82, 2.24) is 9.97 Å². The summed E-state index contributed by atoms with van der Waals surface area (Å²) < 4.78 is 40.7. The van der Waals surface area contributed by atoms with Gasteiger partial charge in [-0.2, -0.15) is 18.2 Å². The first-order valence-corrected chi connectivity index (χ1v) is 11.5. The quantitative estimate of drug-likeness (QED) is 0.287. The molecule has 0 aliphatic heterocycles. The fraction of sp³-hybridized carbons (Fsp3) is 0.385. The van der Waals surface area contributed by atoms with Crippen molar-refractivity contribution in [3.05, 3.63) is 71.4 Å². The van der Waals surface area contributed by atoms with Gasteiger partial charge in [-0.3, -0.25) is 0 Å². The molecule has 0 atom stereocenters. The average Bonchev–Trinajstić information content (AvgIpc) is 2.79. The average molecular weight is 457 g/mol. The van der Waals surface area contributed by atoms with Crippen LogP contribution < -0.4 is 10.6 Å². The molecule has 3 rings (SSSR count). The van der Waals surface area contributed by atoms with Crippen LogP contribution in [0.15, 0.2) is 54.7 Å². The summed E-state index contributed by atoms with van der Waals surface area (Å²) in [5, 5.41) is 5.82. The van der Waals surface area contributed by atoms with Gasteiger partial charge in [-0.1, -0.05) is 57.4 Å². The van der Waals surface area contributed by atoms with Crippen molar-refractivity contribution >= 4 is 23.1 Å². The number of nitrogens with one attached hydrogen (secondary N) is 2. The number of aryl methyl sites for hydroxylation is 2. The molecule has 0 bridgehead atoms. The summed E-state index contributed by atoms with van der Waals surface area (Å²) in [5.41, 5.74) is 2.74. The van der Waals surface area contributed by atoms with Crippen molar-refractivity contribution in [3.63, 3.8) is 0 Å². The molecular formula is C26H31F3N4. The zero-order chi connectivity index (χ0) is 23.7. The van der Waals surface area contributed by atoms with Gasteiger partial charge in [0, 0.05) is 17.6 Å². The normalized spacial score (nSPS) is 11.4. The highest BCUT2D eigenvalue weighted by Crippen LogP contribution is 2.35. The Morgan fingerprint density at radius 2 is 1.27 bits per heavy atom. The molecule has 7 heteroatoms. The lowest BCUT2D eigenvalue weighted by Gasteiger charge is -2.15. The van der Waals surface area contributed by atoms with Crippen LogP contribution in [0, 0.1) is 0 Å². The first-order chi connectivity index (χ1) is 15.9. The smallest absolute Gasteiger partial charge is 0.340 e. The van der Waals surface area contributed by atoms with Gasteiger partial charge in [0.25, 0.3) is 0 Å². The topological polar surface area (TPSA) is 49.8 Å². The van der Waals surface area contributed by atoms with E-state index in [1.54, 1.807) is 12.1 Å². The molecule has 0 aliphatic rings. The summed E-state index contributed by atoms with van der Waals surface area (Å²) in [7, 11) is 0. The zero-order valence-corrected chi connectivity index (χ0v) is 19.2. The van der Waals surface area contributed by atoms with Gasteiger partial charge in [-0.25, -0.2) is 4.98 Å². The van der Waals surface area contributed by atoms with Crippen LogP contribution in [0.2, 0.25) is 0 Å². The number of anilines is 4. The monoisotopic (exact) mass is 456 g/mol. The van der Waals surface area contributed by atoms with Crippen molar-refractivity contribution < 1.29 is 13.2 Å². The van der Waals surface area contributed by atoms with E-state index >= 15 is 0 Å². The van der Waals surface area contributed by atoms with E-state index < -0.39 is 11.7 Å². The number of aromatic nitrogens is 2. The fourth-order valence-corrected chi connectivity index (χ4v) is 3.48. The Morgan fingerprint density at radius 3 is 1.82 bits per heavy atom. The maximum Gasteiger partial charge on any atom is 0.421 e. The minimum Gasteiger partial charge on any atom is -0.340 e. The lowest BCUT2D eigenvalue weighted by molar-refractivity contribution is -0.137. The van der Waals surface area contributed by atoms with Crippen LogP contribution in [0.1, 0.15) is 62.6 Å². The van der Waals surface area contributed by atoms with E-state index in [-0.39, 0.29) is 11.8 Å². The molecule has 176 valence electrons. The summed E-state index contributed by atoms with van der Waals surface area (Å²) >= 11 is 0. The number of benzene rings is 2. The van der Waals surface area contributed by atoms with Gasteiger partial charge < -0.3 is 10.6 Å². The number of halogens is 3. The third-order valence-corrected chi connectivity index (χ3v) is 5.41. The van der Waals surface area contributed by atoms with Crippen LogP contribution in [0.25, 0.3) is 0 Å². The highest BCUT2D eigenvalue weighted by Gasteiger charge is 2.35. The van der Waals surface area contributed by atoms with Crippen LogP contribution in [0.5, 0.6) is 0 Å². The maximum atomic E-state index is 13.6. The Hall–Kier alpha value is -3.09. The molecule has 2 N–H and O–H groups in total. The van der Waals surface area contributed by atoms with Gasteiger partial charge in [0.05, 0.1) is 0 Å². The number of hydrogen-bond acceptors (Lipinski definition) is 4. The number of nitrogens with zero attached hydrogens (tertiary/aromatic N) is 2. The van der Waals surface area contributed by atoms with Crippen molar-refractivity contribution in [1.29, 1.82) is 0 Å². The van der Waals surface area contributed by atoms with E-state index in [4.69, 9.17) is 0 Å². The Bertz CT molecular complexity index is 1000. The summed E-state index contributed by atoms with van der Waals surface area (Å²) in [4.78, 5) is 8.02. The Kier molecular flexibility index (Phi) is 8.69. The molecule has 0 fully saturated rings. The Morgan fingerprint density at radius 1 is 0.727 bits per heavy atom. The number of hydrogen-bond donors (Lipinski definition) is 2. The van der Waals surface area contributed by atoms with Crippen molar-refractivity contribution in [2.45, 2.75) is 65.0 Å². The second-order valence-corrected chi connectivity index (χ2v) is 8.16. The SMILES string of the molecule is CCCCCc1ccc(Nc2nc(Nc3ccc(CCCC)cc3)ncc2C(F)(F)F)cc1. The predicted molar refractivity (Wildman–Crippen MR) is 128 cm³/mol. The minimum absolute atomic E-state index is 0.1000. The summed E-state index contributed by atoms with van der Waals surface area (Å²) in [6.45, 7) is 4.30. The second kappa shape index (κ2) is 11.7. The Labute approximate surface area is 193 Å². The summed E-state index contributed by atoms with van der Waals surface area (Å²) in [6, 6.07) is 15.2. The standard InChI is InChI=1S/C26H31F3N4/c1-3-5-7-9-20-10-14-21(15-11-20)31-24-23(26(27,28)29)18-30-25(33-24)32-22-16-12-19(13-17-22)8-6-4-2/h10-18H,3-9H2,1-2H3,(H2,30,31,32,33). The number of rotatable bonds is 11. The minimum atomic E-state index is -4.57. The van der Waals surface area contributed by atoms with Gasteiger partial charge >= 0.3 is 6.18 Å². The van der Waals surface area contributed by atoms with E-state index in [1.807, 2.05) is 36.4 Å². The van der Waals surface area contributed by atoms with E-state index in [9.17, 15) is 13.2 Å². The molecule has 4 nitrogen and oxygen atoms in total. The van der Waals surface area contributed by atoms with E-state index in [0.717, 1.165) is 62.4 Å². The molecule has 0 radical (unpaired) electrons. The lowest BCUT2D eigenvalue weighted by atomic mass is 10.1. The van der Waals surface area contributed by atoms with Gasteiger partial charge in [-0.05, 0) is 61.1 Å². The molecule has 3 aromatic rings. The van der Waals surface area contributed by atoms with Crippen LogP contribution in [-0.4, -0.2) is 9.97 Å². The van der Waals surface area contributed by atoms with Crippen molar-refractivity contribution in [3.8, 4) is 0 Å². The molecule has 1 aromatic heterocycles. The van der Waals surface area contributed by atoms with E-state index in [1.165, 1.54) is 5.56 Å². The van der Waals surface area contributed by atoms with Gasteiger partial charge in [0.1, 0.15) is 11.4 Å². The van der Waals surface area contributed by atoms with Crippen molar-refractivity contribution in [2.24, 2.45) is 0 Å². The molecule has 0 saturated heterocycles. The molecule has 1 heterocycles. The molecule has 0 spiro atoms. The highest BCUT2D eigenvalue weighted by atomic mass is 19.4. The highest BCUT2D eigenvalue weighted by molar-refractivity contribution is 5.63. The summed E-state index contributed by atoms with van der Waals surface area (Å²) in [5.74, 6) is -0.179. The molecule has 0 amide bonds. The van der Waals surface area contributed by atoms with E-state index in [0.29, 0.717) is 5.69 Å². The third kappa shape index (κ3) is 7.48.